The van der Waals surface area contributed by atoms with E-state index in [9.17, 15) is 4.21 Å². The Kier molecular flexibility index (Phi) is 3.00. The molecule has 0 bridgehead atoms. The lowest BCUT2D eigenvalue weighted by Gasteiger charge is -2.09. The Bertz CT molecular complexity index is 296. The zero-order valence-electron chi connectivity index (χ0n) is 7.28. The first-order valence-electron chi connectivity index (χ1n) is 3.81. The molecule has 3 heteroatoms. The molecule has 2 N–H and O–H groups in total. The van der Waals surface area contributed by atoms with Crippen LogP contribution < -0.4 is 5.73 Å². The third kappa shape index (κ3) is 1.93. The summed E-state index contributed by atoms with van der Waals surface area (Å²) in [6.45, 7) is 1.89. The molecule has 0 aliphatic rings. The van der Waals surface area contributed by atoms with Crippen molar-refractivity contribution >= 4 is 10.8 Å². The monoisotopic (exact) mass is 183 g/mol. The van der Waals surface area contributed by atoms with Crippen molar-refractivity contribution in [1.82, 2.24) is 0 Å². The van der Waals surface area contributed by atoms with Gasteiger partial charge in [-0.05, 0) is 18.6 Å². The minimum Gasteiger partial charge on any atom is -0.324 e. The standard InChI is InChI=1S/C9H13NOS/c1-7(10)8-5-3-4-6-9(8)12(2)11/h3-7H,10H2,1-2H3/t7-,12?/m0/s1. The minimum atomic E-state index is -0.941. The lowest BCUT2D eigenvalue weighted by atomic mass is 10.1. The molecule has 1 rings (SSSR count). The molecular weight excluding hydrogens is 170 g/mol. The number of rotatable bonds is 2. The van der Waals surface area contributed by atoms with Crippen LogP contribution in [0.3, 0.4) is 0 Å². The summed E-state index contributed by atoms with van der Waals surface area (Å²) in [5.41, 5.74) is 6.69. The van der Waals surface area contributed by atoms with Crippen LogP contribution in [0, 0.1) is 0 Å². The van der Waals surface area contributed by atoms with Gasteiger partial charge in [-0.2, -0.15) is 0 Å². The zero-order chi connectivity index (χ0) is 9.14. The summed E-state index contributed by atoms with van der Waals surface area (Å²) in [6, 6.07) is 7.51. The second-order valence-corrected chi connectivity index (χ2v) is 4.13. The Balaban J connectivity index is 3.17. The largest absolute Gasteiger partial charge is 0.324 e. The van der Waals surface area contributed by atoms with Crippen LogP contribution in [0.4, 0.5) is 0 Å². The highest BCUT2D eigenvalue weighted by Gasteiger charge is 2.07. The quantitative estimate of drug-likeness (QED) is 0.754. The van der Waals surface area contributed by atoms with Gasteiger partial charge in [-0.15, -0.1) is 0 Å². The number of nitrogens with two attached hydrogens (primary N) is 1. The summed E-state index contributed by atoms with van der Waals surface area (Å²) < 4.78 is 11.2. The molecule has 1 unspecified atom stereocenters. The maximum atomic E-state index is 11.2. The third-order valence-electron chi connectivity index (χ3n) is 1.72. The van der Waals surface area contributed by atoms with Crippen LogP contribution in [0.2, 0.25) is 0 Å². The molecule has 0 saturated heterocycles. The molecule has 0 aliphatic heterocycles. The molecular formula is C9H13NOS. The van der Waals surface area contributed by atoms with Crippen molar-refractivity contribution in [3.05, 3.63) is 29.8 Å². The van der Waals surface area contributed by atoms with Crippen LogP contribution >= 0.6 is 0 Å². The lowest BCUT2D eigenvalue weighted by Crippen LogP contribution is -2.08. The van der Waals surface area contributed by atoms with Crippen molar-refractivity contribution in [3.8, 4) is 0 Å². The molecule has 0 radical (unpaired) electrons. The van der Waals surface area contributed by atoms with Crippen molar-refractivity contribution < 1.29 is 4.21 Å². The highest BCUT2D eigenvalue weighted by atomic mass is 32.2. The van der Waals surface area contributed by atoms with Crippen LogP contribution in [0.1, 0.15) is 18.5 Å². The van der Waals surface area contributed by atoms with Crippen LogP contribution in [0.25, 0.3) is 0 Å². The van der Waals surface area contributed by atoms with E-state index >= 15 is 0 Å². The van der Waals surface area contributed by atoms with Crippen LogP contribution in [-0.4, -0.2) is 10.5 Å². The Morgan fingerprint density at radius 2 is 2.00 bits per heavy atom. The summed E-state index contributed by atoms with van der Waals surface area (Å²) in [6.07, 6.45) is 1.67. The Morgan fingerprint density at radius 1 is 1.42 bits per heavy atom. The van der Waals surface area contributed by atoms with Crippen molar-refractivity contribution in [2.24, 2.45) is 5.73 Å². The summed E-state index contributed by atoms with van der Waals surface area (Å²) in [4.78, 5) is 0.840. The van der Waals surface area contributed by atoms with Gasteiger partial charge in [-0.1, -0.05) is 18.2 Å². The van der Waals surface area contributed by atoms with Gasteiger partial charge >= 0.3 is 0 Å². The summed E-state index contributed by atoms with van der Waals surface area (Å²) >= 11 is 0. The van der Waals surface area contributed by atoms with Crippen molar-refractivity contribution in [2.75, 3.05) is 6.26 Å². The molecule has 0 heterocycles. The van der Waals surface area contributed by atoms with Gasteiger partial charge in [0.1, 0.15) is 0 Å². The van der Waals surface area contributed by atoms with E-state index < -0.39 is 10.8 Å². The molecule has 0 spiro atoms. The van der Waals surface area contributed by atoms with Gasteiger partial charge in [0.25, 0.3) is 0 Å². The van der Waals surface area contributed by atoms with Crippen molar-refractivity contribution in [2.45, 2.75) is 17.9 Å². The fraction of sp³-hybridized carbons (Fsp3) is 0.333. The summed E-state index contributed by atoms with van der Waals surface area (Å²) in [7, 11) is -0.941. The van der Waals surface area contributed by atoms with Gasteiger partial charge in [-0.25, -0.2) is 0 Å². The van der Waals surface area contributed by atoms with E-state index in [1.165, 1.54) is 0 Å². The third-order valence-corrected chi connectivity index (χ3v) is 2.71. The van der Waals surface area contributed by atoms with E-state index in [0.717, 1.165) is 10.5 Å². The van der Waals surface area contributed by atoms with Gasteiger partial charge in [0, 0.05) is 17.2 Å². The van der Waals surface area contributed by atoms with Crippen LogP contribution in [0.5, 0.6) is 0 Å². The smallest absolute Gasteiger partial charge is 0.0501 e. The fourth-order valence-electron chi connectivity index (χ4n) is 1.12. The number of benzene rings is 1. The predicted octanol–water partition coefficient (Wildman–Crippen LogP) is 1.44. The topological polar surface area (TPSA) is 43.1 Å². The molecule has 0 amide bonds. The maximum absolute atomic E-state index is 11.2. The van der Waals surface area contributed by atoms with E-state index in [2.05, 4.69) is 0 Å². The summed E-state index contributed by atoms with van der Waals surface area (Å²) in [5.74, 6) is 0. The van der Waals surface area contributed by atoms with Crippen molar-refractivity contribution in [1.29, 1.82) is 0 Å². The fourth-order valence-corrected chi connectivity index (χ4v) is 1.97. The van der Waals surface area contributed by atoms with Crippen LogP contribution in [-0.2, 0) is 10.8 Å². The molecule has 2 atom stereocenters. The maximum Gasteiger partial charge on any atom is 0.0501 e. The molecule has 0 saturated carbocycles. The first-order valence-corrected chi connectivity index (χ1v) is 5.36. The zero-order valence-corrected chi connectivity index (χ0v) is 8.10. The minimum absolute atomic E-state index is 0.0508. The van der Waals surface area contributed by atoms with Gasteiger partial charge in [0.05, 0.1) is 10.8 Å². The van der Waals surface area contributed by atoms with Crippen LogP contribution in [0.15, 0.2) is 29.2 Å². The van der Waals surface area contributed by atoms with Gasteiger partial charge < -0.3 is 5.73 Å². The second kappa shape index (κ2) is 3.83. The van der Waals surface area contributed by atoms with Crippen molar-refractivity contribution in [3.63, 3.8) is 0 Å². The summed E-state index contributed by atoms with van der Waals surface area (Å²) in [5, 5.41) is 0. The van der Waals surface area contributed by atoms with E-state index in [4.69, 9.17) is 5.73 Å². The molecule has 1 aromatic carbocycles. The van der Waals surface area contributed by atoms with Gasteiger partial charge in [-0.3, -0.25) is 4.21 Å². The highest BCUT2D eigenvalue weighted by molar-refractivity contribution is 7.84. The molecule has 2 nitrogen and oxygen atoms in total. The molecule has 12 heavy (non-hydrogen) atoms. The Hall–Kier alpha value is -0.670. The highest BCUT2D eigenvalue weighted by Crippen LogP contribution is 2.17. The first kappa shape index (κ1) is 9.42. The average molecular weight is 183 g/mol. The van der Waals surface area contributed by atoms with E-state index in [1.54, 1.807) is 6.26 Å². The number of hydrogen-bond donors (Lipinski definition) is 1. The van der Waals surface area contributed by atoms with Gasteiger partial charge in [0.2, 0.25) is 0 Å². The van der Waals surface area contributed by atoms with Gasteiger partial charge in [0.15, 0.2) is 0 Å². The Labute approximate surface area is 75.2 Å². The van der Waals surface area contributed by atoms with E-state index in [-0.39, 0.29) is 6.04 Å². The molecule has 1 aromatic rings. The molecule has 0 fully saturated rings. The second-order valence-electron chi connectivity index (χ2n) is 2.78. The van der Waals surface area contributed by atoms with E-state index in [1.807, 2.05) is 31.2 Å². The molecule has 0 aromatic heterocycles. The lowest BCUT2D eigenvalue weighted by molar-refractivity contribution is 0.683. The molecule has 0 aliphatic carbocycles. The molecule has 66 valence electrons. The number of hydrogen-bond acceptors (Lipinski definition) is 2. The average Bonchev–Trinajstić information content (AvgIpc) is 2.04. The normalized spacial score (nSPS) is 15.6. The first-order chi connectivity index (χ1) is 5.63. The SMILES string of the molecule is C[C@H](N)c1ccccc1S(C)=O. The predicted molar refractivity (Wildman–Crippen MR) is 51.4 cm³/mol. The van der Waals surface area contributed by atoms with E-state index in [0.29, 0.717) is 0 Å². The Morgan fingerprint density at radius 3 is 2.42 bits per heavy atom.